The van der Waals surface area contributed by atoms with E-state index in [2.05, 4.69) is 20.9 Å². The summed E-state index contributed by atoms with van der Waals surface area (Å²) in [5.74, 6) is 0. The minimum atomic E-state index is -0.565. The third-order valence-electron chi connectivity index (χ3n) is 1.97. The Hall–Kier alpha value is -1.21. The molecule has 16 heavy (non-hydrogen) atoms. The Labute approximate surface area is 101 Å². The molecule has 1 N–H and O–H groups in total. The topological polar surface area (TPSA) is 79.5 Å². The van der Waals surface area contributed by atoms with Crippen LogP contribution >= 0.6 is 15.9 Å². The standard InChI is InChI=1S/C9H12BrN3O3/c1-6(14)5-12(2)9-7(10)3-11-4-8(9)13(15)16/h3-4,6,14H,5H2,1-2H3. The van der Waals surface area contributed by atoms with Gasteiger partial charge < -0.3 is 10.0 Å². The Morgan fingerprint density at radius 1 is 1.69 bits per heavy atom. The molecule has 1 aromatic heterocycles. The van der Waals surface area contributed by atoms with Crippen LogP contribution < -0.4 is 4.90 Å². The van der Waals surface area contributed by atoms with Gasteiger partial charge in [-0.1, -0.05) is 0 Å². The molecule has 0 radical (unpaired) electrons. The van der Waals surface area contributed by atoms with Gasteiger partial charge in [0.1, 0.15) is 11.9 Å². The van der Waals surface area contributed by atoms with Crippen LogP contribution in [0.2, 0.25) is 0 Å². The van der Waals surface area contributed by atoms with Crippen molar-refractivity contribution in [3.8, 4) is 0 Å². The smallest absolute Gasteiger partial charge is 0.311 e. The maximum absolute atomic E-state index is 10.8. The maximum atomic E-state index is 10.8. The molecule has 88 valence electrons. The van der Waals surface area contributed by atoms with E-state index in [1.54, 1.807) is 18.9 Å². The molecular formula is C9H12BrN3O3. The Balaban J connectivity index is 3.14. The molecule has 1 atom stereocenters. The lowest BCUT2D eigenvalue weighted by Gasteiger charge is -2.21. The molecule has 0 aromatic carbocycles. The summed E-state index contributed by atoms with van der Waals surface area (Å²) in [7, 11) is 1.68. The molecule has 0 fully saturated rings. The van der Waals surface area contributed by atoms with Crippen molar-refractivity contribution in [3.05, 3.63) is 27.0 Å². The predicted molar refractivity (Wildman–Crippen MR) is 63.5 cm³/mol. The van der Waals surface area contributed by atoms with E-state index < -0.39 is 11.0 Å². The van der Waals surface area contributed by atoms with Gasteiger partial charge in [0.05, 0.1) is 15.5 Å². The molecule has 0 aliphatic heterocycles. The molecule has 0 aliphatic rings. The number of aliphatic hydroxyl groups excluding tert-OH is 1. The average Bonchev–Trinajstić information content (AvgIpc) is 2.15. The summed E-state index contributed by atoms with van der Waals surface area (Å²) in [6.45, 7) is 1.93. The molecule has 0 amide bonds. The van der Waals surface area contributed by atoms with Gasteiger partial charge in [0.25, 0.3) is 0 Å². The van der Waals surface area contributed by atoms with Crippen LogP contribution in [0.4, 0.5) is 11.4 Å². The van der Waals surface area contributed by atoms with Gasteiger partial charge in [0.15, 0.2) is 0 Å². The Kier molecular flexibility index (Phi) is 4.19. The number of likely N-dealkylation sites (N-methyl/N-ethyl adjacent to an activating group) is 1. The first-order valence-electron chi connectivity index (χ1n) is 4.60. The van der Waals surface area contributed by atoms with Gasteiger partial charge in [-0.3, -0.25) is 15.1 Å². The van der Waals surface area contributed by atoms with Gasteiger partial charge in [0, 0.05) is 19.8 Å². The number of halogens is 1. The molecule has 0 aliphatic carbocycles. The van der Waals surface area contributed by atoms with Crippen LogP contribution in [-0.4, -0.2) is 34.7 Å². The molecule has 0 spiro atoms. The lowest BCUT2D eigenvalue weighted by Crippen LogP contribution is -2.27. The van der Waals surface area contributed by atoms with E-state index >= 15 is 0 Å². The Morgan fingerprint density at radius 2 is 2.31 bits per heavy atom. The minimum Gasteiger partial charge on any atom is -0.392 e. The monoisotopic (exact) mass is 289 g/mol. The van der Waals surface area contributed by atoms with E-state index in [9.17, 15) is 15.2 Å². The van der Waals surface area contributed by atoms with E-state index in [1.807, 2.05) is 0 Å². The second-order valence-corrected chi connectivity index (χ2v) is 4.33. The number of anilines is 1. The molecule has 1 rings (SSSR count). The minimum absolute atomic E-state index is 0.0856. The van der Waals surface area contributed by atoms with Gasteiger partial charge in [-0.2, -0.15) is 0 Å². The Morgan fingerprint density at radius 3 is 2.81 bits per heavy atom. The van der Waals surface area contributed by atoms with Crippen LogP contribution in [0.15, 0.2) is 16.9 Å². The Bertz CT molecular complexity index is 398. The predicted octanol–water partition coefficient (Wildman–Crippen LogP) is 1.57. The molecule has 1 heterocycles. The molecule has 1 aromatic rings. The van der Waals surface area contributed by atoms with Crippen LogP contribution in [0.5, 0.6) is 0 Å². The van der Waals surface area contributed by atoms with Gasteiger partial charge in [0.2, 0.25) is 0 Å². The molecule has 0 saturated heterocycles. The number of nitrogens with zero attached hydrogens (tertiary/aromatic N) is 3. The maximum Gasteiger partial charge on any atom is 0.311 e. The fourth-order valence-electron chi connectivity index (χ4n) is 1.42. The highest BCUT2D eigenvalue weighted by molar-refractivity contribution is 9.10. The van der Waals surface area contributed by atoms with Crippen molar-refractivity contribution in [2.45, 2.75) is 13.0 Å². The van der Waals surface area contributed by atoms with Crippen molar-refractivity contribution in [1.82, 2.24) is 4.98 Å². The normalized spacial score (nSPS) is 12.2. The van der Waals surface area contributed by atoms with Crippen LogP contribution in [0.3, 0.4) is 0 Å². The van der Waals surface area contributed by atoms with Crippen molar-refractivity contribution < 1.29 is 10.0 Å². The van der Waals surface area contributed by atoms with Crippen LogP contribution in [0.1, 0.15) is 6.92 Å². The number of nitro groups is 1. The number of rotatable bonds is 4. The zero-order valence-corrected chi connectivity index (χ0v) is 10.5. The lowest BCUT2D eigenvalue weighted by molar-refractivity contribution is -0.384. The molecule has 0 bridgehead atoms. The summed E-state index contributed by atoms with van der Waals surface area (Å²) in [4.78, 5) is 15.7. The van der Waals surface area contributed by atoms with E-state index in [0.717, 1.165) is 0 Å². The highest BCUT2D eigenvalue weighted by Crippen LogP contribution is 2.33. The van der Waals surface area contributed by atoms with E-state index in [1.165, 1.54) is 12.4 Å². The van der Waals surface area contributed by atoms with Gasteiger partial charge >= 0.3 is 5.69 Å². The third kappa shape index (κ3) is 2.89. The molecule has 7 heteroatoms. The van der Waals surface area contributed by atoms with Crippen molar-refractivity contribution in [1.29, 1.82) is 0 Å². The van der Waals surface area contributed by atoms with Crippen LogP contribution in [-0.2, 0) is 0 Å². The quantitative estimate of drug-likeness (QED) is 0.672. The summed E-state index contributed by atoms with van der Waals surface area (Å²) in [6.07, 6.45) is 2.11. The van der Waals surface area contributed by atoms with Crippen molar-refractivity contribution in [3.63, 3.8) is 0 Å². The molecular weight excluding hydrogens is 278 g/mol. The second-order valence-electron chi connectivity index (χ2n) is 3.48. The fraction of sp³-hybridized carbons (Fsp3) is 0.444. The first-order chi connectivity index (χ1) is 7.43. The van der Waals surface area contributed by atoms with Crippen molar-refractivity contribution >= 4 is 27.3 Å². The number of aromatic nitrogens is 1. The summed E-state index contributed by atoms with van der Waals surface area (Å²) in [5.41, 5.74) is 0.332. The molecule has 1 unspecified atom stereocenters. The second kappa shape index (κ2) is 5.22. The zero-order valence-electron chi connectivity index (χ0n) is 8.92. The largest absolute Gasteiger partial charge is 0.392 e. The van der Waals surface area contributed by atoms with Crippen molar-refractivity contribution in [2.24, 2.45) is 0 Å². The average molecular weight is 290 g/mol. The zero-order chi connectivity index (χ0) is 12.3. The van der Waals surface area contributed by atoms with E-state index in [4.69, 9.17) is 0 Å². The van der Waals surface area contributed by atoms with Gasteiger partial charge in [-0.15, -0.1) is 0 Å². The first-order valence-corrected chi connectivity index (χ1v) is 5.40. The van der Waals surface area contributed by atoms with Crippen LogP contribution in [0, 0.1) is 10.1 Å². The highest BCUT2D eigenvalue weighted by atomic mass is 79.9. The summed E-state index contributed by atoms with van der Waals surface area (Å²) < 4.78 is 0.532. The number of aliphatic hydroxyl groups is 1. The number of hydrogen-bond acceptors (Lipinski definition) is 5. The SMILES string of the molecule is CC(O)CN(C)c1c(Br)cncc1[N+](=O)[O-]. The van der Waals surface area contributed by atoms with Crippen molar-refractivity contribution in [2.75, 3.05) is 18.5 Å². The summed E-state index contributed by atoms with van der Waals surface area (Å²) in [6, 6.07) is 0. The van der Waals surface area contributed by atoms with Crippen LogP contribution in [0.25, 0.3) is 0 Å². The third-order valence-corrected chi connectivity index (χ3v) is 2.55. The summed E-state index contributed by atoms with van der Waals surface area (Å²) in [5, 5.41) is 20.1. The summed E-state index contributed by atoms with van der Waals surface area (Å²) >= 11 is 3.22. The number of pyridine rings is 1. The highest BCUT2D eigenvalue weighted by Gasteiger charge is 2.21. The first kappa shape index (κ1) is 12.9. The fourth-order valence-corrected chi connectivity index (χ4v) is 2.04. The molecule has 6 nitrogen and oxygen atoms in total. The molecule has 0 saturated carbocycles. The van der Waals surface area contributed by atoms with Gasteiger partial charge in [-0.25, -0.2) is 0 Å². The van der Waals surface area contributed by atoms with E-state index in [-0.39, 0.29) is 5.69 Å². The van der Waals surface area contributed by atoms with E-state index in [0.29, 0.717) is 16.7 Å². The lowest BCUT2D eigenvalue weighted by atomic mass is 10.3. The number of hydrogen-bond donors (Lipinski definition) is 1. The van der Waals surface area contributed by atoms with Gasteiger partial charge in [-0.05, 0) is 22.9 Å².